The van der Waals surface area contributed by atoms with Gasteiger partial charge in [0.25, 0.3) is 5.56 Å². The monoisotopic (exact) mass is 465 g/mol. The van der Waals surface area contributed by atoms with Gasteiger partial charge in [0, 0.05) is 16.0 Å². The molecule has 0 radical (unpaired) electrons. The molecule has 1 aromatic carbocycles. The number of fused-ring (bicyclic) bond motifs is 1. The number of aryl methyl sites for hydroxylation is 1. The Morgan fingerprint density at radius 2 is 2.00 bits per heavy atom. The largest absolute Gasteiger partial charge is 0.480 e. The summed E-state index contributed by atoms with van der Waals surface area (Å²) < 4.78 is 7.24. The summed E-state index contributed by atoms with van der Waals surface area (Å²) in [5, 5.41) is 7.80. The van der Waals surface area contributed by atoms with Gasteiger partial charge in [-0.05, 0) is 46.7 Å². The molecule has 0 saturated carbocycles. The molecule has 134 valence electrons. The number of carbonyl (C=O) groups excluding carboxylic acids is 1. The fourth-order valence-electron chi connectivity index (χ4n) is 2.46. The van der Waals surface area contributed by atoms with E-state index in [9.17, 15) is 9.59 Å². The maximum Gasteiger partial charge on any atom is 0.275 e. The number of hydrogen-bond acceptors (Lipinski definition) is 6. The van der Waals surface area contributed by atoms with E-state index in [1.54, 1.807) is 18.5 Å². The van der Waals surface area contributed by atoms with Crippen LogP contribution >= 0.6 is 22.6 Å². The minimum absolute atomic E-state index is 0.170. The van der Waals surface area contributed by atoms with Crippen molar-refractivity contribution in [3.05, 3.63) is 50.1 Å². The Bertz CT molecular complexity index is 1020. The lowest BCUT2D eigenvalue weighted by Gasteiger charge is -2.10. The molecule has 0 fully saturated rings. The van der Waals surface area contributed by atoms with Crippen molar-refractivity contribution in [2.45, 2.75) is 19.9 Å². The van der Waals surface area contributed by atoms with Crippen LogP contribution in [-0.2, 0) is 17.8 Å². The molecule has 9 heteroatoms. The number of methoxy groups -OCH3 is 1. The van der Waals surface area contributed by atoms with E-state index in [4.69, 9.17) is 4.74 Å². The van der Waals surface area contributed by atoms with Gasteiger partial charge in [-0.2, -0.15) is 0 Å². The Balaban J connectivity index is 1.92. The fraction of sp³-hybridized carbons (Fsp3) is 0.235. The van der Waals surface area contributed by atoms with Gasteiger partial charge in [-0.1, -0.05) is 13.0 Å². The van der Waals surface area contributed by atoms with Crippen LogP contribution in [0.3, 0.4) is 0 Å². The number of carbonyl (C=O) groups is 1. The van der Waals surface area contributed by atoms with E-state index < -0.39 is 5.91 Å². The van der Waals surface area contributed by atoms with Crippen molar-refractivity contribution in [1.82, 2.24) is 19.7 Å². The number of halogens is 1. The van der Waals surface area contributed by atoms with E-state index in [1.165, 1.54) is 7.11 Å². The van der Waals surface area contributed by atoms with Gasteiger partial charge >= 0.3 is 0 Å². The van der Waals surface area contributed by atoms with Crippen molar-refractivity contribution >= 4 is 45.2 Å². The fourth-order valence-corrected chi connectivity index (χ4v) is 2.74. The smallest absolute Gasteiger partial charge is 0.275 e. The Kier molecular flexibility index (Phi) is 5.45. The molecule has 8 nitrogen and oxygen atoms in total. The Labute approximate surface area is 162 Å². The van der Waals surface area contributed by atoms with Gasteiger partial charge in [-0.3, -0.25) is 14.9 Å². The molecule has 0 unspecified atom stereocenters. The third-order valence-corrected chi connectivity index (χ3v) is 4.31. The van der Waals surface area contributed by atoms with Crippen molar-refractivity contribution in [3.63, 3.8) is 0 Å². The summed E-state index contributed by atoms with van der Waals surface area (Å²) in [6.45, 7) is 1.76. The average molecular weight is 465 g/mol. The molecule has 0 spiro atoms. The van der Waals surface area contributed by atoms with E-state index in [2.05, 4.69) is 43.0 Å². The van der Waals surface area contributed by atoms with Gasteiger partial charge in [0.15, 0.2) is 0 Å². The minimum Gasteiger partial charge on any atom is -0.480 e. The maximum atomic E-state index is 12.7. The molecule has 2 heterocycles. The molecule has 0 aliphatic rings. The molecule has 0 saturated heterocycles. The van der Waals surface area contributed by atoms with Gasteiger partial charge in [-0.25, -0.2) is 14.6 Å². The van der Waals surface area contributed by atoms with Gasteiger partial charge in [0.05, 0.1) is 17.9 Å². The Morgan fingerprint density at radius 1 is 1.27 bits per heavy atom. The zero-order chi connectivity index (χ0) is 18.7. The first-order valence-corrected chi connectivity index (χ1v) is 8.95. The molecule has 0 atom stereocenters. The molecule has 0 aliphatic carbocycles. The second-order valence-corrected chi connectivity index (χ2v) is 6.72. The highest BCUT2D eigenvalue weighted by atomic mass is 127. The number of ether oxygens (including phenoxy) is 1. The summed E-state index contributed by atoms with van der Waals surface area (Å²) in [6.07, 6.45) is 4.00. The maximum absolute atomic E-state index is 12.7. The van der Waals surface area contributed by atoms with E-state index in [0.29, 0.717) is 16.7 Å². The lowest BCUT2D eigenvalue weighted by atomic mass is 10.1. The average Bonchev–Trinajstić information content (AvgIpc) is 2.65. The first-order valence-electron chi connectivity index (χ1n) is 7.87. The number of rotatable bonds is 5. The van der Waals surface area contributed by atoms with Gasteiger partial charge in [0.2, 0.25) is 17.7 Å². The van der Waals surface area contributed by atoms with Crippen LogP contribution in [0.2, 0.25) is 0 Å². The molecular formula is C17H16IN5O3. The molecule has 3 aromatic rings. The van der Waals surface area contributed by atoms with Crippen molar-refractivity contribution in [3.8, 4) is 5.88 Å². The number of aromatic nitrogens is 4. The number of hydrogen-bond donors (Lipinski definition) is 1. The minimum atomic E-state index is -0.451. The van der Waals surface area contributed by atoms with Crippen LogP contribution in [0.5, 0.6) is 5.88 Å². The molecule has 3 rings (SSSR count). The van der Waals surface area contributed by atoms with Crippen LogP contribution in [0, 0.1) is 3.57 Å². The first kappa shape index (κ1) is 18.2. The molecule has 0 aliphatic heterocycles. The Hall–Kier alpha value is -2.56. The number of nitrogens with zero attached hydrogens (tertiary/aromatic N) is 4. The van der Waals surface area contributed by atoms with E-state index >= 15 is 0 Å². The molecule has 1 amide bonds. The molecule has 2 aromatic heterocycles. The number of benzene rings is 1. The van der Waals surface area contributed by atoms with Crippen LogP contribution in [0.25, 0.3) is 10.8 Å². The van der Waals surface area contributed by atoms with Gasteiger partial charge in [-0.15, -0.1) is 5.10 Å². The zero-order valence-electron chi connectivity index (χ0n) is 14.2. The molecule has 0 bridgehead atoms. The van der Waals surface area contributed by atoms with Crippen molar-refractivity contribution < 1.29 is 9.53 Å². The second-order valence-electron chi connectivity index (χ2n) is 5.48. The number of anilines is 1. The van der Waals surface area contributed by atoms with Gasteiger partial charge < -0.3 is 4.74 Å². The van der Waals surface area contributed by atoms with Crippen molar-refractivity contribution in [2.75, 3.05) is 12.4 Å². The van der Waals surface area contributed by atoms with E-state index in [0.717, 1.165) is 20.2 Å². The highest BCUT2D eigenvalue weighted by Crippen LogP contribution is 2.21. The topological polar surface area (TPSA) is 99.0 Å². The quantitative estimate of drug-likeness (QED) is 0.579. The first-order chi connectivity index (χ1) is 12.5. The lowest BCUT2D eigenvalue weighted by molar-refractivity contribution is -0.117. The van der Waals surface area contributed by atoms with Crippen LogP contribution < -0.4 is 15.6 Å². The second kappa shape index (κ2) is 7.77. The summed E-state index contributed by atoms with van der Waals surface area (Å²) in [5.74, 6) is 0.0180. The van der Waals surface area contributed by atoms with Crippen LogP contribution in [0.15, 0.2) is 35.4 Å². The number of amides is 1. The van der Waals surface area contributed by atoms with Crippen LogP contribution in [0.1, 0.15) is 12.5 Å². The molecule has 26 heavy (non-hydrogen) atoms. The predicted molar refractivity (Wildman–Crippen MR) is 105 cm³/mol. The summed E-state index contributed by atoms with van der Waals surface area (Å²) in [6, 6.07) is 5.50. The normalized spacial score (nSPS) is 10.7. The summed E-state index contributed by atoms with van der Waals surface area (Å²) in [5.41, 5.74) is 0.713. The summed E-state index contributed by atoms with van der Waals surface area (Å²) in [7, 11) is 1.48. The zero-order valence-corrected chi connectivity index (χ0v) is 16.4. The van der Waals surface area contributed by atoms with E-state index in [-0.39, 0.29) is 18.1 Å². The van der Waals surface area contributed by atoms with E-state index in [1.807, 2.05) is 19.1 Å². The van der Waals surface area contributed by atoms with Gasteiger partial charge in [0.1, 0.15) is 6.54 Å². The van der Waals surface area contributed by atoms with Crippen LogP contribution in [-0.4, -0.2) is 32.8 Å². The third kappa shape index (κ3) is 3.82. The molecular weight excluding hydrogens is 449 g/mol. The predicted octanol–water partition coefficient (Wildman–Crippen LogP) is 2.00. The van der Waals surface area contributed by atoms with Crippen molar-refractivity contribution in [2.24, 2.45) is 0 Å². The molecule has 1 N–H and O–H groups in total. The number of nitrogens with one attached hydrogen (secondary N) is 1. The SMILES string of the molecule is CCc1ccc2c(=O)n(CC(=O)Nc3ncc(I)cn3)nc(OC)c2c1. The standard InChI is InChI=1S/C17H16IN5O3/c1-3-10-4-5-12-13(6-10)15(26-2)22-23(16(12)25)9-14(24)21-17-19-7-11(18)8-20-17/h4-8H,3,9H2,1-2H3,(H,19,20,21,24). The highest BCUT2D eigenvalue weighted by Gasteiger charge is 2.14. The highest BCUT2D eigenvalue weighted by molar-refractivity contribution is 14.1. The van der Waals surface area contributed by atoms with Crippen LogP contribution in [0.4, 0.5) is 5.95 Å². The van der Waals surface area contributed by atoms with Crippen molar-refractivity contribution in [1.29, 1.82) is 0 Å². The third-order valence-electron chi connectivity index (χ3n) is 3.76. The lowest BCUT2D eigenvalue weighted by Crippen LogP contribution is -2.30. The Morgan fingerprint density at radius 3 is 2.65 bits per heavy atom. The summed E-state index contributed by atoms with van der Waals surface area (Å²) >= 11 is 2.07. The summed E-state index contributed by atoms with van der Waals surface area (Å²) in [4.78, 5) is 32.9.